The Morgan fingerprint density at radius 2 is 2.11 bits per heavy atom. The lowest BCUT2D eigenvalue weighted by Crippen LogP contribution is -2.13. The Morgan fingerprint density at radius 3 is 2.68 bits per heavy atom. The first-order valence-corrected chi connectivity index (χ1v) is 8.49. The molecule has 1 aromatic carbocycles. The van der Waals surface area contributed by atoms with Gasteiger partial charge in [-0.25, -0.2) is 8.42 Å². The van der Waals surface area contributed by atoms with E-state index < -0.39 is 10.0 Å². The average Bonchev–Trinajstić information content (AvgIpc) is 2.75. The minimum Gasteiger partial charge on any atom is -0.276 e. The third-order valence-corrected chi connectivity index (χ3v) is 5.24. The van der Waals surface area contributed by atoms with Gasteiger partial charge in [-0.3, -0.25) is 9.40 Å². The number of rotatable bonds is 4. The van der Waals surface area contributed by atoms with Crippen molar-refractivity contribution in [2.75, 3.05) is 4.72 Å². The van der Waals surface area contributed by atoms with Gasteiger partial charge in [0, 0.05) is 21.7 Å². The molecule has 2 aromatic rings. The molecule has 0 saturated carbocycles. The average molecular weight is 409 g/mol. The van der Waals surface area contributed by atoms with E-state index in [4.69, 9.17) is 0 Å². The maximum Gasteiger partial charge on any atom is 0.263 e. The summed E-state index contributed by atoms with van der Waals surface area (Å²) in [6.07, 6.45) is 3.12. The van der Waals surface area contributed by atoms with Gasteiger partial charge >= 0.3 is 0 Å². The molecule has 1 heterocycles. The highest BCUT2D eigenvalue weighted by Crippen LogP contribution is 2.27. The molecule has 2 rings (SSSR count). The van der Waals surface area contributed by atoms with E-state index in [-0.39, 0.29) is 4.90 Å². The van der Waals surface area contributed by atoms with Gasteiger partial charge in [-0.2, -0.15) is 5.10 Å². The second-order valence-electron chi connectivity index (χ2n) is 3.76. The number of sulfonamides is 1. The van der Waals surface area contributed by atoms with Gasteiger partial charge in [0.05, 0.1) is 11.9 Å². The first-order valence-electron chi connectivity index (χ1n) is 5.42. The molecular formula is C11H11Br2N3O2S. The first-order chi connectivity index (χ1) is 8.92. The molecule has 0 saturated heterocycles. The molecule has 0 spiro atoms. The number of anilines is 1. The third kappa shape index (κ3) is 3.37. The topological polar surface area (TPSA) is 64.0 Å². The van der Waals surface area contributed by atoms with Crippen molar-refractivity contribution in [3.63, 3.8) is 0 Å². The van der Waals surface area contributed by atoms with Gasteiger partial charge < -0.3 is 0 Å². The van der Waals surface area contributed by atoms with Gasteiger partial charge in [-0.1, -0.05) is 15.9 Å². The van der Waals surface area contributed by atoms with Crippen molar-refractivity contribution in [1.82, 2.24) is 9.78 Å². The molecule has 19 heavy (non-hydrogen) atoms. The number of aromatic nitrogens is 2. The highest BCUT2D eigenvalue weighted by molar-refractivity contribution is 9.11. The van der Waals surface area contributed by atoms with Crippen LogP contribution in [0.5, 0.6) is 0 Å². The minimum absolute atomic E-state index is 0.181. The molecule has 1 N–H and O–H groups in total. The maximum absolute atomic E-state index is 12.2. The summed E-state index contributed by atoms with van der Waals surface area (Å²) in [6, 6.07) is 4.89. The van der Waals surface area contributed by atoms with Crippen molar-refractivity contribution in [1.29, 1.82) is 0 Å². The lowest BCUT2D eigenvalue weighted by molar-refractivity contribution is 0.600. The Balaban J connectivity index is 2.32. The van der Waals surface area contributed by atoms with E-state index in [0.717, 1.165) is 4.47 Å². The fraction of sp³-hybridized carbons (Fsp3) is 0.182. The summed E-state index contributed by atoms with van der Waals surface area (Å²) >= 11 is 6.53. The lowest BCUT2D eigenvalue weighted by atomic mass is 10.4. The standard InChI is InChI=1S/C11H11Br2N3O2S/c1-2-16-7-9(6-14-16)15-19(17,18)11-4-3-8(12)5-10(11)13/h3-7,15H,2H2,1H3. The molecule has 0 aliphatic heterocycles. The van der Waals surface area contributed by atoms with Crippen LogP contribution >= 0.6 is 31.9 Å². The highest BCUT2D eigenvalue weighted by Gasteiger charge is 2.18. The molecule has 0 aliphatic carbocycles. The van der Waals surface area contributed by atoms with Crippen molar-refractivity contribution in [2.24, 2.45) is 0 Å². The molecule has 102 valence electrons. The number of hydrogen-bond donors (Lipinski definition) is 1. The third-order valence-electron chi connectivity index (χ3n) is 2.39. The Morgan fingerprint density at radius 1 is 1.37 bits per heavy atom. The second kappa shape index (κ2) is 5.64. The summed E-state index contributed by atoms with van der Waals surface area (Å²) in [6.45, 7) is 2.61. The van der Waals surface area contributed by atoms with Crippen molar-refractivity contribution in [2.45, 2.75) is 18.4 Å². The normalized spacial score (nSPS) is 11.5. The van der Waals surface area contributed by atoms with Crippen LogP contribution in [-0.2, 0) is 16.6 Å². The number of nitrogens with one attached hydrogen (secondary N) is 1. The second-order valence-corrected chi connectivity index (χ2v) is 7.19. The van der Waals surface area contributed by atoms with Crippen LogP contribution in [0.25, 0.3) is 0 Å². The van der Waals surface area contributed by atoms with Crippen LogP contribution in [0.15, 0.2) is 44.4 Å². The molecular weight excluding hydrogens is 398 g/mol. The Labute approximate surface area is 128 Å². The number of halogens is 2. The van der Waals surface area contributed by atoms with Crippen LogP contribution in [0, 0.1) is 0 Å². The van der Waals surface area contributed by atoms with Gasteiger partial charge in [0.1, 0.15) is 4.90 Å². The van der Waals surface area contributed by atoms with Crippen molar-refractivity contribution in [3.8, 4) is 0 Å². The molecule has 5 nitrogen and oxygen atoms in total. The van der Waals surface area contributed by atoms with Crippen molar-refractivity contribution in [3.05, 3.63) is 39.5 Å². The van der Waals surface area contributed by atoms with Crippen LogP contribution in [0.3, 0.4) is 0 Å². The quantitative estimate of drug-likeness (QED) is 0.844. The lowest BCUT2D eigenvalue weighted by Gasteiger charge is -2.08. The largest absolute Gasteiger partial charge is 0.276 e. The van der Waals surface area contributed by atoms with Gasteiger partial charge in [0.25, 0.3) is 10.0 Å². The zero-order valence-corrected chi connectivity index (χ0v) is 14.0. The van der Waals surface area contributed by atoms with E-state index in [2.05, 4.69) is 41.7 Å². The van der Waals surface area contributed by atoms with E-state index in [1.54, 1.807) is 23.0 Å². The fourth-order valence-corrected chi connectivity index (χ4v) is 4.27. The number of aryl methyl sites for hydroxylation is 1. The van der Waals surface area contributed by atoms with Crippen LogP contribution in [0.4, 0.5) is 5.69 Å². The van der Waals surface area contributed by atoms with E-state index in [0.29, 0.717) is 16.7 Å². The maximum atomic E-state index is 12.2. The monoisotopic (exact) mass is 407 g/mol. The summed E-state index contributed by atoms with van der Waals surface area (Å²) in [5.74, 6) is 0. The first kappa shape index (κ1) is 14.5. The molecule has 0 aliphatic rings. The summed E-state index contributed by atoms with van der Waals surface area (Å²) in [5, 5.41) is 4.02. The van der Waals surface area contributed by atoms with E-state index >= 15 is 0 Å². The summed E-state index contributed by atoms with van der Waals surface area (Å²) < 4.78 is 29.9. The number of nitrogens with zero attached hydrogens (tertiary/aromatic N) is 2. The van der Waals surface area contributed by atoms with E-state index in [1.807, 2.05) is 6.92 Å². The van der Waals surface area contributed by atoms with E-state index in [9.17, 15) is 8.42 Å². The zero-order valence-electron chi connectivity index (χ0n) is 9.97. The predicted octanol–water partition coefficient (Wildman–Crippen LogP) is 3.23. The molecule has 0 radical (unpaired) electrons. The summed E-state index contributed by atoms with van der Waals surface area (Å²) in [4.78, 5) is 0.181. The molecule has 0 bridgehead atoms. The van der Waals surface area contributed by atoms with Crippen LogP contribution in [-0.4, -0.2) is 18.2 Å². The predicted molar refractivity (Wildman–Crippen MR) is 80.6 cm³/mol. The minimum atomic E-state index is -3.63. The molecule has 8 heteroatoms. The SMILES string of the molecule is CCn1cc(NS(=O)(=O)c2ccc(Br)cc2Br)cn1. The molecule has 0 fully saturated rings. The number of benzene rings is 1. The Hall–Kier alpha value is -0.860. The Kier molecular flexibility index (Phi) is 4.32. The van der Waals surface area contributed by atoms with E-state index in [1.165, 1.54) is 12.3 Å². The van der Waals surface area contributed by atoms with Crippen molar-refractivity contribution >= 4 is 47.6 Å². The molecule has 0 unspecified atom stereocenters. The Bertz CT molecular complexity index is 698. The van der Waals surface area contributed by atoms with Crippen LogP contribution in [0.1, 0.15) is 6.92 Å². The van der Waals surface area contributed by atoms with Gasteiger partial charge in [-0.05, 0) is 41.1 Å². The molecule has 0 amide bonds. The van der Waals surface area contributed by atoms with Crippen LogP contribution < -0.4 is 4.72 Å². The van der Waals surface area contributed by atoms with Gasteiger partial charge in [0.2, 0.25) is 0 Å². The number of hydrogen-bond acceptors (Lipinski definition) is 3. The smallest absolute Gasteiger partial charge is 0.263 e. The molecule has 0 atom stereocenters. The fourth-order valence-electron chi connectivity index (χ4n) is 1.49. The van der Waals surface area contributed by atoms with Gasteiger partial charge in [0.15, 0.2) is 0 Å². The van der Waals surface area contributed by atoms with Gasteiger partial charge in [-0.15, -0.1) is 0 Å². The summed E-state index contributed by atoms with van der Waals surface area (Å²) in [7, 11) is -3.63. The summed E-state index contributed by atoms with van der Waals surface area (Å²) in [5.41, 5.74) is 0.441. The highest BCUT2D eigenvalue weighted by atomic mass is 79.9. The zero-order chi connectivity index (χ0) is 14.0. The van der Waals surface area contributed by atoms with Crippen LogP contribution in [0.2, 0.25) is 0 Å². The van der Waals surface area contributed by atoms with Crippen molar-refractivity contribution < 1.29 is 8.42 Å². The molecule has 1 aromatic heterocycles.